The molecule has 1 saturated heterocycles. The van der Waals surface area contributed by atoms with E-state index in [4.69, 9.17) is 11.5 Å². The first-order chi connectivity index (χ1) is 17.1. The summed E-state index contributed by atoms with van der Waals surface area (Å²) in [4.78, 5) is 65.0. The van der Waals surface area contributed by atoms with E-state index in [0.717, 1.165) is 5.56 Å². The van der Waals surface area contributed by atoms with E-state index in [0.29, 0.717) is 12.8 Å². The highest BCUT2D eigenvalue weighted by atomic mass is 16.4. The number of carbonyl (C=O) groups is 5. The van der Waals surface area contributed by atoms with Gasteiger partial charge in [-0.1, -0.05) is 30.3 Å². The van der Waals surface area contributed by atoms with Crippen LogP contribution in [0.4, 0.5) is 0 Å². The zero-order valence-corrected chi connectivity index (χ0v) is 20.0. The molecule has 0 radical (unpaired) electrons. The molecule has 9 N–H and O–H groups in total. The molecular formula is C23H33N7O6. The summed E-state index contributed by atoms with van der Waals surface area (Å²) in [5.74, 6) is -3.43. The molecule has 4 atom stereocenters. The fourth-order valence-corrected chi connectivity index (χ4v) is 3.58. The van der Waals surface area contributed by atoms with Crippen molar-refractivity contribution in [2.45, 2.75) is 63.2 Å². The van der Waals surface area contributed by atoms with Crippen molar-refractivity contribution in [3.8, 4) is 0 Å². The van der Waals surface area contributed by atoms with Gasteiger partial charge in [0.2, 0.25) is 23.6 Å². The van der Waals surface area contributed by atoms with E-state index in [-0.39, 0.29) is 37.7 Å². The third kappa shape index (κ3) is 9.24. The number of carboxylic acids is 1. The van der Waals surface area contributed by atoms with Crippen molar-refractivity contribution >= 4 is 35.6 Å². The van der Waals surface area contributed by atoms with Gasteiger partial charge in [-0.05, 0) is 31.7 Å². The SMILES string of the molecule is C[C@H](NC(=O)[C@H](CCCN=C(N)N)NC(=O)[C@@H]1CCC(=O)N1)C(=O)N[C@@H](Cc1ccccc1)C(=O)O. The van der Waals surface area contributed by atoms with Crippen LogP contribution in [0.1, 0.15) is 38.2 Å². The highest BCUT2D eigenvalue weighted by molar-refractivity contribution is 5.95. The van der Waals surface area contributed by atoms with Crippen molar-refractivity contribution in [2.75, 3.05) is 6.54 Å². The van der Waals surface area contributed by atoms with Crippen molar-refractivity contribution in [1.29, 1.82) is 0 Å². The van der Waals surface area contributed by atoms with Crippen molar-refractivity contribution < 1.29 is 29.1 Å². The molecule has 13 nitrogen and oxygen atoms in total. The Balaban J connectivity index is 1.99. The lowest BCUT2D eigenvalue weighted by Crippen LogP contribution is -2.56. The van der Waals surface area contributed by atoms with Crippen molar-refractivity contribution in [3.63, 3.8) is 0 Å². The number of nitrogens with one attached hydrogen (secondary N) is 4. The molecule has 1 aliphatic rings. The van der Waals surface area contributed by atoms with Gasteiger partial charge in [-0.2, -0.15) is 0 Å². The van der Waals surface area contributed by atoms with Gasteiger partial charge < -0.3 is 37.8 Å². The van der Waals surface area contributed by atoms with Gasteiger partial charge in [0.05, 0.1) is 0 Å². The van der Waals surface area contributed by atoms with E-state index in [9.17, 15) is 29.1 Å². The molecule has 1 aromatic rings. The Bertz CT molecular complexity index is 980. The normalized spacial score (nSPS) is 17.1. The van der Waals surface area contributed by atoms with E-state index >= 15 is 0 Å². The standard InChI is InChI=1S/C23H33N7O6/c1-13(19(32)30-17(22(35)36)12-14-6-3-2-4-7-14)27-20(33)15(8-5-11-26-23(24)25)29-21(34)16-9-10-18(31)28-16/h2-4,6-7,13,15-17H,5,8-12H2,1H3,(H,27,33)(H,28,31)(H,29,34)(H,30,32)(H,35,36)(H4,24,25,26)/t13-,15-,16-,17-/m0/s1. The van der Waals surface area contributed by atoms with E-state index < -0.39 is 47.9 Å². The summed E-state index contributed by atoms with van der Waals surface area (Å²) >= 11 is 0. The average molecular weight is 504 g/mol. The van der Waals surface area contributed by atoms with Crippen molar-refractivity contribution in [3.05, 3.63) is 35.9 Å². The van der Waals surface area contributed by atoms with Gasteiger partial charge in [0.1, 0.15) is 24.2 Å². The monoisotopic (exact) mass is 503 g/mol. The lowest BCUT2D eigenvalue weighted by molar-refractivity contribution is -0.142. The number of aliphatic imine (C=N–C) groups is 1. The fraction of sp³-hybridized carbons (Fsp3) is 0.478. The molecule has 2 rings (SSSR count). The van der Waals surface area contributed by atoms with Gasteiger partial charge in [-0.3, -0.25) is 24.2 Å². The Morgan fingerprint density at radius 1 is 1.08 bits per heavy atom. The van der Waals surface area contributed by atoms with Gasteiger partial charge in [0, 0.05) is 19.4 Å². The number of hydrogen-bond acceptors (Lipinski definition) is 6. The summed E-state index contributed by atoms with van der Waals surface area (Å²) in [7, 11) is 0. The summed E-state index contributed by atoms with van der Waals surface area (Å²) < 4.78 is 0. The number of amides is 4. The lowest BCUT2D eigenvalue weighted by atomic mass is 10.1. The minimum Gasteiger partial charge on any atom is -0.480 e. The molecule has 1 aliphatic heterocycles. The number of carbonyl (C=O) groups excluding carboxylic acids is 4. The van der Waals surface area contributed by atoms with Crippen LogP contribution in [0.15, 0.2) is 35.3 Å². The number of hydrogen-bond donors (Lipinski definition) is 7. The Labute approximate surface area is 208 Å². The summed E-state index contributed by atoms with van der Waals surface area (Å²) in [6.45, 7) is 1.63. The predicted molar refractivity (Wildman–Crippen MR) is 130 cm³/mol. The molecule has 196 valence electrons. The van der Waals surface area contributed by atoms with Gasteiger partial charge in [0.15, 0.2) is 5.96 Å². The van der Waals surface area contributed by atoms with Crippen LogP contribution in [-0.4, -0.2) is 71.4 Å². The molecule has 0 aliphatic carbocycles. The molecule has 1 heterocycles. The third-order valence-electron chi connectivity index (χ3n) is 5.54. The number of aliphatic carboxylic acids is 1. The fourth-order valence-electron chi connectivity index (χ4n) is 3.58. The van der Waals surface area contributed by atoms with Crippen LogP contribution in [-0.2, 0) is 30.4 Å². The van der Waals surface area contributed by atoms with Crippen molar-refractivity contribution in [1.82, 2.24) is 21.3 Å². The molecule has 36 heavy (non-hydrogen) atoms. The predicted octanol–water partition coefficient (Wildman–Crippen LogP) is -1.88. The second-order valence-corrected chi connectivity index (χ2v) is 8.49. The topological polar surface area (TPSA) is 218 Å². The maximum atomic E-state index is 12.9. The second-order valence-electron chi connectivity index (χ2n) is 8.49. The molecule has 0 unspecified atom stereocenters. The van der Waals surface area contributed by atoms with Crippen LogP contribution in [0.5, 0.6) is 0 Å². The maximum Gasteiger partial charge on any atom is 0.326 e. The smallest absolute Gasteiger partial charge is 0.326 e. The number of carboxylic acid groups (broad SMARTS) is 1. The van der Waals surface area contributed by atoms with Crippen LogP contribution in [0, 0.1) is 0 Å². The number of benzene rings is 1. The van der Waals surface area contributed by atoms with Crippen molar-refractivity contribution in [2.24, 2.45) is 16.5 Å². The Kier molecular flexibility index (Phi) is 10.7. The molecule has 0 bridgehead atoms. The number of nitrogens with zero attached hydrogens (tertiary/aromatic N) is 1. The average Bonchev–Trinajstić information content (AvgIpc) is 3.27. The van der Waals surface area contributed by atoms with Crippen LogP contribution >= 0.6 is 0 Å². The third-order valence-corrected chi connectivity index (χ3v) is 5.54. The molecule has 0 spiro atoms. The molecule has 0 saturated carbocycles. The Hall–Kier alpha value is -4.16. The Morgan fingerprint density at radius 3 is 2.36 bits per heavy atom. The van der Waals surface area contributed by atoms with E-state index in [2.05, 4.69) is 26.3 Å². The lowest BCUT2D eigenvalue weighted by Gasteiger charge is -2.23. The molecule has 1 fully saturated rings. The van der Waals surface area contributed by atoms with E-state index in [1.807, 2.05) is 0 Å². The van der Waals surface area contributed by atoms with Gasteiger partial charge in [-0.25, -0.2) is 4.79 Å². The number of nitrogens with two attached hydrogens (primary N) is 2. The summed E-state index contributed by atoms with van der Waals surface area (Å²) in [5.41, 5.74) is 11.3. The van der Waals surface area contributed by atoms with E-state index in [1.54, 1.807) is 30.3 Å². The molecular weight excluding hydrogens is 470 g/mol. The number of guanidine groups is 1. The van der Waals surface area contributed by atoms with Crippen LogP contribution in [0.2, 0.25) is 0 Å². The first-order valence-corrected chi connectivity index (χ1v) is 11.6. The van der Waals surface area contributed by atoms with E-state index in [1.165, 1.54) is 6.92 Å². The largest absolute Gasteiger partial charge is 0.480 e. The first kappa shape index (κ1) is 28.1. The highest BCUT2D eigenvalue weighted by Gasteiger charge is 2.31. The molecule has 1 aromatic carbocycles. The molecule has 13 heteroatoms. The zero-order chi connectivity index (χ0) is 26.7. The van der Waals surface area contributed by atoms with Gasteiger partial charge in [0.25, 0.3) is 0 Å². The minimum atomic E-state index is -1.21. The molecule has 4 amide bonds. The summed E-state index contributed by atoms with van der Waals surface area (Å²) in [6.07, 6.45) is 1.11. The van der Waals surface area contributed by atoms with Crippen LogP contribution in [0.25, 0.3) is 0 Å². The highest BCUT2D eigenvalue weighted by Crippen LogP contribution is 2.09. The quantitative estimate of drug-likeness (QED) is 0.0915. The zero-order valence-electron chi connectivity index (χ0n) is 20.0. The first-order valence-electron chi connectivity index (χ1n) is 11.6. The Morgan fingerprint density at radius 2 is 1.78 bits per heavy atom. The summed E-state index contributed by atoms with van der Waals surface area (Å²) in [5, 5.41) is 19.6. The van der Waals surface area contributed by atoms with Gasteiger partial charge >= 0.3 is 5.97 Å². The molecule has 0 aromatic heterocycles. The maximum absolute atomic E-state index is 12.9. The summed E-state index contributed by atoms with van der Waals surface area (Å²) in [6, 6.07) is 4.75. The second kappa shape index (κ2) is 13.7. The number of rotatable bonds is 13. The minimum absolute atomic E-state index is 0.0686. The van der Waals surface area contributed by atoms with Crippen LogP contribution < -0.4 is 32.7 Å². The van der Waals surface area contributed by atoms with Gasteiger partial charge in [-0.15, -0.1) is 0 Å². The van der Waals surface area contributed by atoms with Crippen LogP contribution in [0.3, 0.4) is 0 Å².